The fourth-order valence-electron chi connectivity index (χ4n) is 1.76. The van der Waals surface area contributed by atoms with Crippen LogP contribution in [0.25, 0.3) is 0 Å². The van der Waals surface area contributed by atoms with Crippen LogP contribution in [0.4, 0.5) is 4.79 Å². The molecule has 20 heavy (non-hydrogen) atoms. The number of hydrogen-bond acceptors (Lipinski definition) is 3. The molecule has 0 bridgehead atoms. The Morgan fingerprint density at radius 1 is 1.25 bits per heavy atom. The monoisotopic (exact) mass is 298 g/mol. The number of rotatable bonds is 7. The third-order valence-corrected chi connectivity index (χ3v) is 3.84. The van der Waals surface area contributed by atoms with Gasteiger partial charge in [0.2, 0.25) is 0 Å². The summed E-state index contributed by atoms with van der Waals surface area (Å²) in [6.45, 7) is 6.18. The lowest BCUT2D eigenvalue weighted by atomic mass is 10.0. The van der Waals surface area contributed by atoms with Crippen molar-refractivity contribution in [1.82, 2.24) is 10.6 Å². The number of carboxylic acid groups (broad SMARTS) is 1. The Balaban J connectivity index is 2.49. The van der Waals surface area contributed by atoms with E-state index >= 15 is 0 Å². The van der Waals surface area contributed by atoms with Gasteiger partial charge in [-0.2, -0.15) is 0 Å². The number of amides is 2. The number of carbonyl (C=O) groups is 2. The molecule has 2 atom stereocenters. The predicted molar refractivity (Wildman–Crippen MR) is 79.9 cm³/mol. The number of carboxylic acids is 1. The third kappa shape index (κ3) is 5.61. The summed E-state index contributed by atoms with van der Waals surface area (Å²) in [6.07, 6.45) is 1.90. The van der Waals surface area contributed by atoms with Gasteiger partial charge in [0, 0.05) is 10.9 Å². The molecule has 0 aliphatic carbocycles. The molecule has 1 heterocycles. The van der Waals surface area contributed by atoms with Gasteiger partial charge in [0.1, 0.15) is 0 Å². The Bertz CT molecular complexity index is 432. The summed E-state index contributed by atoms with van der Waals surface area (Å²) in [7, 11) is 0. The molecule has 0 saturated carbocycles. The van der Waals surface area contributed by atoms with Gasteiger partial charge in [-0.1, -0.05) is 19.9 Å². The average molecular weight is 298 g/mol. The van der Waals surface area contributed by atoms with Crippen LogP contribution < -0.4 is 10.6 Å². The molecular weight excluding hydrogens is 276 g/mol. The van der Waals surface area contributed by atoms with Gasteiger partial charge in [0.15, 0.2) is 6.04 Å². The minimum atomic E-state index is -1.06. The molecule has 3 N–H and O–H groups in total. The van der Waals surface area contributed by atoms with Gasteiger partial charge in [-0.05, 0) is 37.1 Å². The summed E-state index contributed by atoms with van der Waals surface area (Å²) >= 11 is 1.31. The maximum absolute atomic E-state index is 11.8. The van der Waals surface area contributed by atoms with E-state index < -0.39 is 18.0 Å². The molecule has 5 nitrogen and oxygen atoms in total. The minimum absolute atomic E-state index is 0.0233. The highest BCUT2D eigenvalue weighted by molar-refractivity contribution is 7.10. The minimum Gasteiger partial charge on any atom is -0.479 e. The molecule has 0 fully saturated rings. The van der Waals surface area contributed by atoms with Gasteiger partial charge < -0.3 is 15.7 Å². The summed E-state index contributed by atoms with van der Waals surface area (Å²) < 4.78 is 0. The molecule has 0 saturated heterocycles. The first-order valence-electron chi connectivity index (χ1n) is 6.73. The molecule has 0 aromatic carbocycles. The highest BCUT2D eigenvalue weighted by atomic mass is 32.1. The largest absolute Gasteiger partial charge is 0.479 e. The zero-order valence-electron chi connectivity index (χ0n) is 12.1. The van der Waals surface area contributed by atoms with E-state index in [1.54, 1.807) is 17.5 Å². The van der Waals surface area contributed by atoms with Crippen molar-refractivity contribution < 1.29 is 14.7 Å². The second kappa shape index (κ2) is 7.89. The molecule has 0 radical (unpaired) electrons. The summed E-state index contributed by atoms with van der Waals surface area (Å²) in [5.74, 6) is -0.474. The van der Waals surface area contributed by atoms with Crippen LogP contribution in [0.1, 0.15) is 44.5 Å². The zero-order chi connectivity index (χ0) is 15.1. The molecule has 0 aliphatic heterocycles. The molecule has 112 valence electrons. The van der Waals surface area contributed by atoms with Gasteiger partial charge in [-0.15, -0.1) is 11.3 Å². The van der Waals surface area contributed by atoms with Crippen LogP contribution in [0.2, 0.25) is 0 Å². The molecule has 0 aliphatic rings. The number of urea groups is 1. The van der Waals surface area contributed by atoms with E-state index in [2.05, 4.69) is 24.5 Å². The predicted octanol–water partition coefficient (Wildman–Crippen LogP) is 3.00. The van der Waals surface area contributed by atoms with E-state index in [1.807, 2.05) is 6.92 Å². The average Bonchev–Trinajstić information content (AvgIpc) is 2.86. The van der Waals surface area contributed by atoms with Crippen molar-refractivity contribution >= 4 is 23.3 Å². The van der Waals surface area contributed by atoms with E-state index in [-0.39, 0.29) is 6.04 Å². The SMILES string of the molecule is CC(C)CCC(C)NC(=O)NC(C(=O)O)c1cccs1. The van der Waals surface area contributed by atoms with Crippen molar-refractivity contribution in [3.63, 3.8) is 0 Å². The second-order valence-corrected chi connectivity index (χ2v) is 6.26. The van der Waals surface area contributed by atoms with Crippen LogP contribution in [0, 0.1) is 5.92 Å². The van der Waals surface area contributed by atoms with E-state index in [0.29, 0.717) is 10.8 Å². The Labute approximate surface area is 123 Å². The Morgan fingerprint density at radius 3 is 2.45 bits per heavy atom. The zero-order valence-corrected chi connectivity index (χ0v) is 12.9. The molecular formula is C14H22N2O3S. The van der Waals surface area contributed by atoms with E-state index in [9.17, 15) is 9.59 Å². The molecule has 2 unspecified atom stereocenters. The number of nitrogens with one attached hydrogen (secondary N) is 2. The van der Waals surface area contributed by atoms with E-state index in [0.717, 1.165) is 12.8 Å². The maximum atomic E-state index is 11.8. The Kier molecular flexibility index (Phi) is 6.51. The molecule has 1 aromatic rings. The van der Waals surface area contributed by atoms with Crippen LogP contribution in [-0.4, -0.2) is 23.1 Å². The van der Waals surface area contributed by atoms with Crippen LogP contribution in [0.5, 0.6) is 0 Å². The first-order valence-corrected chi connectivity index (χ1v) is 7.61. The highest BCUT2D eigenvalue weighted by Gasteiger charge is 2.23. The third-order valence-electron chi connectivity index (χ3n) is 2.90. The smallest absolute Gasteiger partial charge is 0.331 e. The topological polar surface area (TPSA) is 78.4 Å². The molecule has 1 rings (SSSR count). The fourth-order valence-corrected chi connectivity index (χ4v) is 2.53. The first-order chi connectivity index (χ1) is 9.40. The van der Waals surface area contributed by atoms with Crippen molar-refractivity contribution in [1.29, 1.82) is 0 Å². The highest BCUT2D eigenvalue weighted by Crippen LogP contribution is 2.19. The summed E-state index contributed by atoms with van der Waals surface area (Å²) in [5, 5.41) is 16.2. The number of aliphatic carboxylic acids is 1. The second-order valence-electron chi connectivity index (χ2n) is 5.28. The first kappa shape index (κ1) is 16.5. The maximum Gasteiger partial charge on any atom is 0.331 e. The summed E-state index contributed by atoms with van der Waals surface area (Å²) in [6, 6.07) is 2.05. The standard InChI is InChI=1S/C14H22N2O3S/c1-9(2)6-7-10(3)15-14(19)16-12(13(17)18)11-5-4-8-20-11/h4-5,8-10,12H,6-7H2,1-3H3,(H,17,18)(H2,15,16,19). The lowest BCUT2D eigenvalue weighted by Gasteiger charge is -2.18. The fraction of sp³-hybridized carbons (Fsp3) is 0.571. The molecule has 1 aromatic heterocycles. The van der Waals surface area contributed by atoms with Gasteiger partial charge in [-0.3, -0.25) is 0 Å². The molecule has 0 spiro atoms. The van der Waals surface area contributed by atoms with Gasteiger partial charge in [-0.25, -0.2) is 9.59 Å². The van der Waals surface area contributed by atoms with Gasteiger partial charge >= 0.3 is 12.0 Å². The van der Waals surface area contributed by atoms with Gasteiger partial charge in [0.05, 0.1) is 0 Å². The van der Waals surface area contributed by atoms with Crippen LogP contribution in [0.3, 0.4) is 0 Å². The Morgan fingerprint density at radius 2 is 1.95 bits per heavy atom. The van der Waals surface area contributed by atoms with Crippen molar-refractivity contribution in [3.05, 3.63) is 22.4 Å². The van der Waals surface area contributed by atoms with Crippen molar-refractivity contribution in [2.45, 2.75) is 45.7 Å². The van der Waals surface area contributed by atoms with Gasteiger partial charge in [0.25, 0.3) is 0 Å². The number of thiophene rings is 1. The quantitative estimate of drug-likeness (QED) is 0.724. The number of carbonyl (C=O) groups excluding carboxylic acids is 1. The van der Waals surface area contributed by atoms with E-state index in [1.165, 1.54) is 11.3 Å². The van der Waals surface area contributed by atoms with E-state index in [4.69, 9.17) is 5.11 Å². The normalized spacial score (nSPS) is 13.8. The van der Waals surface area contributed by atoms with Crippen molar-refractivity contribution in [2.24, 2.45) is 5.92 Å². The van der Waals surface area contributed by atoms with Crippen LogP contribution in [0.15, 0.2) is 17.5 Å². The summed E-state index contributed by atoms with van der Waals surface area (Å²) in [4.78, 5) is 23.6. The Hall–Kier alpha value is -1.56. The molecule has 6 heteroatoms. The van der Waals surface area contributed by atoms with Crippen LogP contribution in [-0.2, 0) is 4.79 Å². The van der Waals surface area contributed by atoms with Crippen molar-refractivity contribution in [3.8, 4) is 0 Å². The number of hydrogen-bond donors (Lipinski definition) is 3. The lowest BCUT2D eigenvalue weighted by Crippen LogP contribution is -2.44. The summed E-state index contributed by atoms with van der Waals surface area (Å²) in [5.41, 5.74) is 0. The van der Waals surface area contributed by atoms with Crippen LogP contribution >= 0.6 is 11.3 Å². The lowest BCUT2D eigenvalue weighted by molar-refractivity contribution is -0.139. The van der Waals surface area contributed by atoms with Crippen molar-refractivity contribution in [2.75, 3.05) is 0 Å². The molecule has 2 amide bonds.